The first-order valence-corrected chi connectivity index (χ1v) is 10.9. The first-order valence-electron chi connectivity index (χ1n) is 9.98. The second kappa shape index (κ2) is 9.16. The molecule has 7 heteroatoms. The van der Waals surface area contributed by atoms with Crippen molar-refractivity contribution < 1.29 is 4.79 Å². The van der Waals surface area contributed by atoms with Gasteiger partial charge in [-0.3, -0.25) is 14.7 Å². The van der Waals surface area contributed by atoms with Gasteiger partial charge in [-0.05, 0) is 36.8 Å². The largest absolute Gasteiger partial charge is 0.337 e. The van der Waals surface area contributed by atoms with E-state index in [0.717, 1.165) is 42.4 Å². The maximum atomic E-state index is 12.9. The van der Waals surface area contributed by atoms with Crippen LogP contribution in [0.4, 0.5) is 0 Å². The zero-order chi connectivity index (χ0) is 20.9. The van der Waals surface area contributed by atoms with Crippen LogP contribution in [-0.4, -0.2) is 51.4 Å². The van der Waals surface area contributed by atoms with Crippen molar-refractivity contribution in [3.05, 3.63) is 71.0 Å². The number of nitrogens with zero attached hydrogens (tertiary/aromatic N) is 5. The molecule has 0 N–H and O–H groups in total. The molecular weight excluding hydrogens is 394 g/mol. The van der Waals surface area contributed by atoms with Crippen LogP contribution in [0.2, 0.25) is 0 Å². The zero-order valence-corrected chi connectivity index (χ0v) is 17.7. The summed E-state index contributed by atoms with van der Waals surface area (Å²) in [6, 6.07) is 13.9. The number of carbonyl (C=O) groups excluding carboxylic acids is 1. The third kappa shape index (κ3) is 4.73. The van der Waals surface area contributed by atoms with Crippen LogP contribution in [0.15, 0.2) is 54.2 Å². The maximum Gasteiger partial charge on any atom is 0.228 e. The second-order valence-corrected chi connectivity index (χ2v) is 8.40. The minimum Gasteiger partial charge on any atom is -0.337 e. The van der Waals surface area contributed by atoms with Crippen LogP contribution in [0.25, 0.3) is 10.6 Å². The van der Waals surface area contributed by atoms with Crippen LogP contribution in [-0.2, 0) is 17.8 Å². The zero-order valence-electron chi connectivity index (χ0n) is 16.9. The van der Waals surface area contributed by atoms with Crippen molar-refractivity contribution in [1.29, 1.82) is 5.26 Å². The van der Waals surface area contributed by atoms with E-state index in [4.69, 9.17) is 5.26 Å². The van der Waals surface area contributed by atoms with E-state index in [0.29, 0.717) is 12.0 Å². The van der Waals surface area contributed by atoms with Gasteiger partial charge in [0.15, 0.2) is 0 Å². The predicted molar refractivity (Wildman–Crippen MR) is 117 cm³/mol. The van der Waals surface area contributed by atoms with Gasteiger partial charge in [0.1, 0.15) is 5.01 Å². The molecule has 1 aromatic carbocycles. The van der Waals surface area contributed by atoms with Gasteiger partial charge in [-0.15, -0.1) is 11.3 Å². The Morgan fingerprint density at radius 2 is 2.10 bits per heavy atom. The summed E-state index contributed by atoms with van der Waals surface area (Å²) in [6.07, 6.45) is 3.86. The lowest BCUT2D eigenvalue weighted by Gasteiger charge is -2.40. The third-order valence-corrected chi connectivity index (χ3v) is 6.25. The SMILES string of the molecule is C[C@@H]1CN(Cc2ccc(C#N)cc2)CCN1C(=O)Cc1csc(-c2cccnc2)n1. The maximum absolute atomic E-state index is 12.9. The van der Waals surface area contributed by atoms with Crippen molar-refractivity contribution in [2.45, 2.75) is 25.9 Å². The van der Waals surface area contributed by atoms with E-state index in [1.165, 1.54) is 5.56 Å². The molecule has 4 rings (SSSR count). The van der Waals surface area contributed by atoms with Crippen molar-refractivity contribution in [1.82, 2.24) is 19.8 Å². The van der Waals surface area contributed by atoms with Gasteiger partial charge in [-0.25, -0.2) is 4.98 Å². The van der Waals surface area contributed by atoms with Gasteiger partial charge in [0, 0.05) is 55.6 Å². The lowest BCUT2D eigenvalue weighted by atomic mass is 10.1. The van der Waals surface area contributed by atoms with Gasteiger partial charge in [0.05, 0.1) is 23.7 Å². The molecule has 6 nitrogen and oxygen atoms in total. The average Bonchev–Trinajstić information content (AvgIpc) is 3.23. The van der Waals surface area contributed by atoms with Gasteiger partial charge in [-0.2, -0.15) is 5.26 Å². The lowest BCUT2D eigenvalue weighted by Crippen LogP contribution is -2.54. The topological polar surface area (TPSA) is 73.1 Å². The number of aromatic nitrogens is 2. The van der Waals surface area contributed by atoms with E-state index in [1.807, 2.05) is 46.7 Å². The Hall–Kier alpha value is -3.08. The summed E-state index contributed by atoms with van der Waals surface area (Å²) in [5, 5.41) is 11.8. The van der Waals surface area contributed by atoms with E-state index in [-0.39, 0.29) is 11.9 Å². The lowest BCUT2D eigenvalue weighted by molar-refractivity contribution is -0.135. The smallest absolute Gasteiger partial charge is 0.228 e. The standard InChI is InChI=1S/C23H23N5OS/c1-17-14-27(15-19-6-4-18(12-24)5-7-19)9-10-28(17)22(29)11-21-16-30-23(26-21)20-3-2-8-25-13-20/h2-8,13,16-17H,9-11,14-15H2,1H3/t17-/m1/s1. The van der Waals surface area contributed by atoms with Crippen molar-refractivity contribution in [3.63, 3.8) is 0 Å². The van der Waals surface area contributed by atoms with Gasteiger partial charge in [-0.1, -0.05) is 12.1 Å². The van der Waals surface area contributed by atoms with Crippen molar-refractivity contribution >= 4 is 17.2 Å². The molecule has 1 fully saturated rings. The molecule has 152 valence electrons. The van der Waals surface area contributed by atoms with E-state index in [2.05, 4.69) is 27.9 Å². The summed E-state index contributed by atoms with van der Waals surface area (Å²) >= 11 is 1.55. The highest BCUT2D eigenvalue weighted by molar-refractivity contribution is 7.13. The number of piperazine rings is 1. The number of benzene rings is 1. The van der Waals surface area contributed by atoms with Gasteiger partial charge < -0.3 is 4.90 Å². The van der Waals surface area contributed by atoms with E-state index >= 15 is 0 Å². The Bertz CT molecular complexity index is 1040. The molecule has 1 saturated heterocycles. The summed E-state index contributed by atoms with van der Waals surface area (Å²) in [7, 11) is 0. The highest BCUT2D eigenvalue weighted by Crippen LogP contribution is 2.23. The molecule has 3 aromatic rings. The fraction of sp³-hybridized carbons (Fsp3) is 0.304. The monoisotopic (exact) mass is 417 g/mol. The number of carbonyl (C=O) groups is 1. The second-order valence-electron chi connectivity index (χ2n) is 7.54. The van der Waals surface area contributed by atoms with Gasteiger partial charge >= 0.3 is 0 Å². The van der Waals surface area contributed by atoms with Gasteiger partial charge in [0.25, 0.3) is 0 Å². The summed E-state index contributed by atoms with van der Waals surface area (Å²) in [6.45, 7) is 5.33. The molecule has 1 amide bonds. The molecule has 1 aliphatic heterocycles. The number of hydrogen-bond donors (Lipinski definition) is 0. The summed E-state index contributed by atoms with van der Waals surface area (Å²) in [5.74, 6) is 0.128. The minimum absolute atomic E-state index is 0.128. The first-order chi connectivity index (χ1) is 14.6. The molecule has 2 aromatic heterocycles. The fourth-order valence-corrected chi connectivity index (χ4v) is 4.57. The van der Waals surface area contributed by atoms with Crippen LogP contribution in [0.1, 0.15) is 23.7 Å². The van der Waals surface area contributed by atoms with Crippen LogP contribution in [0.5, 0.6) is 0 Å². The van der Waals surface area contributed by atoms with E-state index in [1.54, 1.807) is 23.7 Å². The van der Waals surface area contributed by atoms with Crippen molar-refractivity contribution in [2.24, 2.45) is 0 Å². The number of amides is 1. The number of nitriles is 1. The summed E-state index contributed by atoms with van der Waals surface area (Å²) < 4.78 is 0. The number of thiazole rings is 1. The average molecular weight is 418 g/mol. The van der Waals surface area contributed by atoms with Crippen LogP contribution >= 0.6 is 11.3 Å². The van der Waals surface area contributed by atoms with E-state index in [9.17, 15) is 4.79 Å². The normalized spacial score (nSPS) is 16.9. The van der Waals surface area contributed by atoms with E-state index < -0.39 is 0 Å². The Kier molecular flexibility index (Phi) is 6.17. The number of pyridine rings is 1. The van der Waals surface area contributed by atoms with Crippen molar-refractivity contribution in [3.8, 4) is 16.6 Å². The molecule has 0 unspecified atom stereocenters. The predicted octanol–water partition coefficient (Wildman–Crippen LogP) is 3.35. The molecule has 0 saturated carbocycles. The van der Waals surface area contributed by atoms with Crippen LogP contribution in [0.3, 0.4) is 0 Å². The Labute approximate surface area is 180 Å². The highest BCUT2D eigenvalue weighted by atomic mass is 32.1. The Balaban J connectivity index is 1.32. The molecule has 30 heavy (non-hydrogen) atoms. The molecule has 1 aliphatic rings. The quantitative estimate of drug-likeness (QED) is 0.637. The number of rotatable bonds is 5. The Morgan fingerprint density at radius 3 is 2.80 bits per heavy atom. The number of hydrogen-bond acceptors (Lipinski definition) is 6. The molecule has 0 bridgehead atoms. The fourth-order valence-electron chi connectivity index (χ4n) is 3.76. The Morgan fingerprint density at radius 1 is 1.27 bits per heavy atom. The molecular formula is C23H23N5OS. The first kappa shape index (κ1) is 20.2. The van der Waals surface area contributed by atoms with Crippen LogP contribution in [0, 0.1) is 11.3 Å². The molecule has 3 heterocycles. The molecule has 1 atom stereocenters. The minimum atomic E-state index is 0.128. The van der Waals surface area contributed by atoms with Crippen LogP contribution < -0.4 is 0 Å². The third-order valence-electron chi connectivity index (χ3n) is 5.31. The molecule has 0 radical (unpaired) electrons. The van der Waals surface area contributed by atoms with Gasteiger partial charge in [0.2, 0.25) is 5.91 Å². The summed E-state index contributed by atoms with van der Waals surface area (Å²) in [4.78, 5) is 26.0. The molecule has 0 spiro atoms. The summed E-state index contributed by atoms with van der Waals surface area (Å²) in [5.41, 5.74) is 3.66. The van der Waals surface area contributed by atoms with Crippen molar-refractivity contribution in [2.75, 3.05) is 19.6 Å². The molecule has 0 aliphatic carbocycles. The highest BCUT2D eigenvalue weighted by Gasteiger charge is 2.27.